The highest BCUT2D eigenvalue weighted by molar-refractivity contribution is 6.01. The fraction of sp³-hybridized carbons (Fsp3) is 0.125. The lowest BCUT2D eigenvalue weighted by atomic mass is 10.1. The van der Waals surface area contributed by atoms with Gasteiger partial charge in [0.15, 0.2) is 5.78 Å². The van der Waals surface area contributed by atoms with Crippen molar-refractivity contribution < 1.29 is 9.18 Å². The summed E-state index contributed by atoms with van der Waals surface area (Å²) in [6, 6.07) is 14.3. The van der Waals surface area contributed by atoms with Crippen molar-refractivity contribution in [1.82, 2.24) is 0 Å². The summed E-state index contributed by atoms with van der Waals surface area (Å²) in [7, 11) is 0. The van der Waals surface area contributed by atoms with Crippen LogP contribution >= 0.6 is 0 Å². The van der Waals surface area contributed by atoms with Gasteiger partial charge in [0.25, 0.3) is 0 Å². The SMILES string of the molecule is N=NN(C(=N)CCC(=O)c1cccc(F)c1)c1ccccc1. The minimum Gasteiger partial charge on any atom is -0.294 e. The molecule has 2 N–H and O–H groups in total. The number of rotatable bonds is 6. The summed E-state index contributed by atoms with van der Waals surface area (Å²) in [6.45, 7) is 0. The van der Waals surface area contributed by atoms with Gasteiger partial charge >= 0.3 is 0 Å². The molecule has 0 unspecified atom stereocenters. The number of amidine groups is 1. The zero-order valence-corrected chi connectivity index (χ0v) is 11.8. The largest absolute Gasteiger partial charge is 0.294 e. The molecule has 6 heteroatoms. The molecule has 2 aromatic carbocycles. The number of carbonyl (C=O) groups is 1. The normalized spacial score (nSPS) is 10.0. The molecule has 0 spiro atoms. The molecule has 0 heterocycles. The third-order valence-electron chi connectivity index (χ3n) is 3.09. The highest BCUT2D eigenvalue weighted by Gasteiger charge is 2.14. The maximum atomic E-state index is 13.1. The molecule has 0 bridgehead atoms. The second kappa shape index (κ2) is 7.21. The van der Waals surface area contributed by atoms with Crippen LogP contribution < -0.4 is 5.01 Å². The number of ketones is 1. The van der Waals surface area contributed by atoms with Crippen LogP contribution in [0.3, 0.4) is 0 Å². The molecule has 112 valence electrons. The molecule has 5 nitrogen and oxygen atoms in total. The maximum Gasteiger partial charge on any atom is 0.163 e. The number of nitrogens with one attached hydrogen (secondary N) is 2. The van der Waals surface area contributed by atoms with E-state index in [1.165, 1.54) is 18.2 Å². The summed E-state index contributed by atoms with van der Waals surface area (Å²) in [4.78, 5) is 12.0. The first-order valence-corrected chi connectivity index (χ1v) is 6.70. The smallest absolute Gasteiger partial charge is 0.163 e. The Morgan fingerprint density at radius 1 is 1.09 bits per heavy atom. The minimum atomic E-state index is -0.465. The van der Waals surface area contributed by atoms with E-state index in [-0.39, 0.29) is 30.0 Å². The number of halogens is 1. The summed E-state index contributed by atoms with van der Waals surface area (Å²) in [5, 5.41) is 12.4. The molecule has 0 atom stereocenters. The van der Waals surface area contributed by atoms with E-state index in [9.17, 15) is 9.18 Å². The molecular formula is C16H15FN4O. The number of hydrogen-bond acceptors (Lipinski definition) is 4. The van der Waals surface area contributed by atoms with Gasteiger partial charge in [0.1, 0.15) is 11.7 Å². The number of hydrogen-bond donors (Lipinski definition) is 2. The van der Waals surface area contributed by atoms with E-state index in [2.05, 4.69) is 5.22 Å². The summed E-state index contributed by atoms with van der Waals surface area (Å²) < 4.78 is 13.1. The Labute approximate surface area is 127 Å². The van der Waals surface area contributed by atoms with Crippen molar-refractivity contribution in [3.05, 3.63) is 66.0 Å². The first-order chi connectivity index (χ1) is 10.6. The molecule has 22 heavy (non-hydrogen) atoms. The van der Waals surface area contributed by atoms with Crippen molar-refractivity contribution in [1.29, 1.82) is 10.9 Å². The topological polar surface area (TPSA) is 80.4 Å². The Bertz CT molecular complexity index is 688. The lowest BCUT2D eigenvalue weighted by molar-refractivity contribution is 0.0984. The lowest BCUT2D eigenvalue weighted by Gasteiger charge is -2.17. The molecule has 0 saturated carbocycles. The Balaban J connectivity index is 2.00. The van der Waals surface area contributed by atoms with E-state index in [1.54, 1.807) is 30.3 Å². The molecular weight excluding hydrogens is 283 g/mol. The second-order valence-electron chi connectivity index (χ2n) is 4.63. The van der Waals surface area contributed by atoms with Gasteiger partial charge in [0, 0.05) is 18.4 Å². The van der Waals surface area contributed by atoms with Gasteiger partial charge in [0.05, 0.1) is 5.69 Å². The summed E-state index contributed by atoms with van der Waals surface area (Å²) in [5.41, 5.74) is 8.04. The third-order valence-corrected chi connectivity index (χ3v) is 3.09. The van der Waals surface area contributed by atoms with E-state index in [0.29, 0.717) is 5.69 Å². The third kappa shape index (κ3) is 3.82. The van der Waals surface area contributed by atoms with Crippen LogP contribution in [0.5, 0.6) is 0 Å². The minimum absolute atomic E-state index is 0.0333. The van der Waals surface area contributed by atoms with Crippen LogP contribution in [-0.2, 0) is 0 Å². The van der Waals surface area contributed by atoms with Crippen molar-refractivity contribution in [2.75, 3.05) is 5.01 Å². The molecule has 0 aliphatic rings. The van der Waals surface area contributed by atoms with E-state index >= 15 is 0 Å². The fourth-order valence-corrected chi connectivity index (χ4v) is 1.99. The Hall–Kier alpha value is -2.89. The van der Waals surface area contributed by atoms with E-state index in [1.807, 2.05) is 6.07 Å². The molecule has 0 aliphatic heterocycles. The molecule has 0 aliphatic carbocycles. The first-order valence-electron chi connectivity index (χ1n) is 6.70. The van der Waals surface area contributed by atoms with Gasteiger partial charge in [-0.25, -0.2) is 9.40 Å². The van der Waals surface area contributed by atoms with Crippen LogP contribution in [-0.4, -0.2) is 11.6 Å². The van der Waals surface area contributed by atoms with Crippen molar-refractivity contribution >= 4 is 17.3 Å². The number of nitrogens with zero attached hydrogens (tertiary/aromatic N) is 2. The molecule has 2 rings (SSSR count). The van der Waals surface area contributed by atoms with Gasteiger partial charge in [-0.1, -0.05) is 35.6 Å². The van der Waals surface area contributed by atoms with Gasteiger partial charge in [-0.3, -0.25) is 10.2 Å². The molecule has 0 aromatic heterocycles. The van der Waals surface area contributed by atoms with Crippen molar-refractivity contribution in [2.45, 2.75) is 12.8 Å². The molecule has 0 saturated heterocycles. The Kier molecular flexibility index (Phi) is 5.08. The molecule has 2 aromatic rings. The van der Waals surface area contributed by atoms with E-state index in [0.717, 1.165) is 5.01 Å². The monoisotopic (exact) mass is 298 g/mol. The highest BCUT2D eigenvalue weighted by Crippen LogP contribution is 2.16. The molecule has 0 amide bonds. The van der Waals surface area contributed by atoms with E-state index < -0.39 is 5.82 Å². The van der Waals surface area contributed by atoms with Crippen LogP contribution in [0.25, 0.3) is 0 Å². The highest BCUT2D eigenvalue weighted by atomic mass is 19.1. The van der Waals surface area contributed by atoms with Gasteiger partial charge in [-0.2, -0.15) is 5.53 Å². The van der Waals surface area contributed by atoms with Gasteiger partial charge in [-0.05, 0) is 24.3 Å². The predicted molar refractivity (Wildman–Crippen MR) is 81.8 cm³/mol. The van der Waals surface area contributed by atoms with Crippen LogP contribution in [0.2, 0.25) is 0 Å². The van der Waals surface area contributed by atoms with E-state index in [4.69, 9.17) is 10.9 Å². The fourth-order valence-electron chi connectivity index (χ4n) is 1.99. The Morgan fingerprint density at radius 3 is 2.45 bits per heavy atom. The van der Waals surface area contributed by atoms with Crippen molar-refractivity contribution in [3.63, 3.8) is 0 Å². The standard InChI is InChI=1S/C16H15FN4O/c17-13-6-4-5-12(11-13)15(22)9-10-16(18)21(20-19)14-7-2-1-3-8-14/h1-8,11,18-19H,9-10H2. The average Bonchev–Trinajstić information content (AvgIpc) is 2.54. The summed E-state index contributed by atoms with van der Waals surface area (Å²) in [5.74, 6) is -0.679. The van der Waals surface area contributed by atoms with Crippen LogP contribution in [0.1, 0.15) is 23.2 Å². The number of anilines is 1. The summed E-state index contributed by atoms with van der Waals surface area (Å²) in [6.07, 6.45) is 0.174. The Morgan fingerprint density at radius 2 is 1.82 bits per heavy atom. The van der Waals surface area contributed by atoms with Gasteiger partial charge in [-0.15, -0.1) is 0 Å². The zero-order chi connectivity index (χ0) is 15.9. The van der Waals surface area contributed by atoms with Crippen molar-refractivity contribution in [3.8, 4) is 0 Å². The van der Waals surface area contributed by atoms with Gasteiger partial charge in [0.2, 0.25) is 0 Å². The molecule has 0 radical (unpaired) electrons. The number of para-hydroxylation sites is 1. The average molecular weight is 298 g/mol. The second-order valence-corrected chi connectivity index (χ2v) is 4.63. The molecule has 0 fully saturated rings. The van der Waals surface area contributed by atoms with Crippen LogP contribution in [0.15, 0.2) is 59.8 Å². The lowest BCUT2D eigenvalue weighted by Crippen LogP contribution is -2.24. The quantitative estimate of drug-likeness (QED) is 0.275. The maximum absolute atomic E-state index is 13.1. The van der Waals surface area contributed by atoms with Crippen LogP contribution in [0, 0.1) is 16.8 Å². The first kappa shape index (κ1) is 15.5. The number of carbonyl (C=O) groups excluding carboxylic acids is 1. The number of benzene rings is 2. The zero-order valence-electron chi connectivity index (χ0n) is 11.8. The summed E-state index contributed by atoms with van der Waals surface area (Å²) >= 11 is 0. The van der Waals surface area contributed by atoms with Crippen LogP contribution in [0.4, 0.5) is 10.1 Å². The number of Topliss-reactive ketones (excluding diaryl/α,β-unsaturated/α-hetero) is 1. The van der Waals surface area contributed by atoms with Crippen molar-refractivity contribution in [2.24, 2.45) is 5.22 Å². The van der Waals surface area contributed by atoms with Gasteiger partial charge < -0.3 is 0 Å². The predicted octanol–water partition coefficient (Wildman–Crippen LogP) is 4.22.